The maximum atomic E-state index is 14.3. The second kappa shape index (κ2) is 12.3. The Morgan fingerprint density at radius 1 is 0.952 bits per heavy atom. The quantitative estimate of drug-likeness (QED) is 0.218. The molecule has 0 amide bonds. The van der Waals surface area contributed by atoms with E-state index in [0.29, 0.717) is 29.1 Å². The molecule has 0 bridgehead atoms. The molecule has 8 nitrogen and oxygen atoms in total. The van der Waals surface area contributed by atoms with Crippen LogP contribution >= 0.6 is 0 Å². The van der Waals surface area contributed by atoms with E-state index in [9.17, 15) is 18.4 Å². The first-order valence-corrected chi connectivity index (χ1v) is 12.8. The van der Waals surface area contributed by atoms with E-state index in [4.69, 9.17) is 4.74 Å². The highest BCUT2D eigenvalue weighted by Gasteiger charge is 2.14. The van der Waals surface area contributed by atoms with Gasteiger partial charge in [-0.15, -0.1) is 0 Å². The van der Waals surface area contributed by atoms with Crippen molar-refractivity contribution in [2.75, 3.05) is 12.4 Å². The molecule has 3 aromatic carbocycles. The van der Waals surface area contributed by atoms with E-state index >= 15 is 0 Å². The van der Waals surface area contributed by atoms with Gasteiger partial charge in [0.2, 0.25) is 0 Å². The number of aldehydes is 1. The molecule has 42 heavy (non-hydrogen) atoms. The molecular formula is C32H25F2N5O3. The summed E-state index contributed by atoms with van der Waals surface area (Å²) in [5.41, 5.74) is 4.15. The van der Waals surface area contributed by atoms with E-state index in [1.165, 1.54) is 41.0 Å². The number of hydrogen-bond donors (Lipinski definition) is 2. The SMILES string of the molecule is CNc1ccc(Oc2cc3cn[nH]c3cc2-c2cccnc2)c(F)c1.Cc1ccc(C=O)c(=O)n1-c1ccc(F)cc1. The Morgan fingerprint density at radius 3 is 2.45 bits per heavy atom. The lowest BCUT2D eigenvalue weighted by Crippen LogP contribution is -2.23. The summed E-state index contributed by atoms with van der Waals surface area (Å²) in [7, 11) is 1.74. The molecule has 0 aliphatic carbocycles. The number of aryl methyl sites for hydroxylation is 1. The fourth-order valence-electron chi connectivity index (χ4n) is 4.31. The van der Waals surface area contributed by atoms with Crippen molar-refractivity contribution < 1.29 is 18.3 Å². The van der Waals surface area contributed by atoms with Gasteiger partial charge in [0, 0.05) is 59.1 Å². The molecule has 0 unspecified atom stereocenters. The highest BCUT2D eigenvalue weighted by atomic mass is 19.1. The minimum atomic E-state index is -0.434. The average molecular weight is 566 g/mol. The van der Waals surface area contributed by atoms with Gasteiger partial charge in [0.25, 0.3) is 5.56 Å². The van der Waals surface area contributed by atoms with E-state index < -0.39 is 11.4 Å². The van der Waals surface area contributed by atoms with Crippen molar-refractivity contribution in [3.05, 3.63) is 131 Å². The number of H-pyrrole nitrogens is 1. The number of anilines is 1. The number of aromatic amines is 1. The number of nitrogens with one attached hydrogen (secondary N) is 2. The molecule has 3 aromatic heterocycles. The van der Waals surface area contributed by atoms with Crippen molar-refractivity contribution in [1.29, 1.82) is 0 Å². The van der Waals surface area contributed by atoms with Gasteiger partial charge in [0.15, 0.2) is 17.9 Å². The maximum Gasteiger partial charge on any atom is 0.265 e. The van der Waals surface area contributed by atoms with Crippen LogP contribution in [0.1, 0.15) is 16.1 Å². The van der Waals surface area contributed by atoms with Crippen molar-refractivity contribution in [2.45, 2.75) is 6.92 Å². The van der Waals surface area contributed by atoms with Gasteiger partial charge in [-0.25, -0.2) is 8.78 Å². The zero-order chi connectivity index (χ0) is 29.6. The Hall–Kier alpha value is -5.64. The standard InChI is InChI=1S/C19H15FN4O.C13H10FNO2/c1-21-14-4-5-18(16(20)8-14)25-19-7-13-11-23-24-17(13)9-15(19)12-3-2-6-22-10-12;1-9-2-3-10(8-16)13(17)15(9)12-6-4-11(14)5-7-12/h2-11,21H,1H3,(H,23,24);2-8H,1H3. The van der Waals surface area contributed by atoms with Crippen LogP contribution in [0.3, 0.4) is 0 Å². The third-order valence-electron chi connectivity index (χ3n) is 6.47. The molecule has 6 rings (SSSR count). The molecule has 0 saturated carbocycles. The van der Waals surface area contributed by atoms with Gasteiger partial charge in [-0.3, -0.25) is 24.2 Å². The van der Waals surface area contributed by atoms with E-state index in [1.54, 1.807) is 50.8 Å². The van der Waals surface area contributed by atoms with E-state index in [2.05, 4.69) is 20.5 Å². The Labute approximate surface area is 239 Å². The summed E-state index contributed by atoms with van der Waals surface area (Å²) in [5, 5.41) is 10.8. The summed E-state index contributed by atoms with van der Waals surface area (Å²) in [5.74, 6) is -0.104. The molecule has 0 spiro atoms. The van der Waals surface area contributed by atoms with Crippen LogP contribution in [0.4, 0.5) is 14.5 Å². The minimum Gasteiger partial charge on any atom is -0.454 e. The molecule has 0 aliphatic rings. The van der Waals surface area contributed by atoms with Gasteiger partial charge < -0.3 is 10.1 Å². The third-order valence-corrected chi connectivity index (χ3v) is 6.47. The summed E-state index contributed by atoms with van der Waals surface area (Å²) in [6, 6.07) is 21.0. The highest BCUT2D eigenvalue weighted by molar-refractivity contribution is 5.88. The first-order chi connectivity index (χ1) is 20.4. The predicted octanol–water partition coefficient (Wildman–Crippen LogP) is 6.70. The average Bonchev–Trinajstić information content (AvgIpc) is 3.47. The van der Waals surface area contributed by atoms with Crippen LogP contribution in [-0.4, -0.2) is 33.1 Å². The third kappa shape index (κ3) is 5.92. The monoisotopic (exact) mass is 565 g/mol. The zero-order valence-electron chi connectivity index (χ0n) is 22.6. The number of rotatable bonds is 6. The number of hydrogen-bond acceptors (Lipinski definition) is 6. The summed E-state index contributed by atoms with van der Waals surface area (Å²) in [6.07, 6.45) is 5.66. The molecule has 0 fully saturated rings. The number of carbonyl (C=O) groups excluding carboxylic acids is 1. The number of benzene rings is 3. The van der Waals surface area contributed by atoms with Gasteiger partial charge in [-0.2, -0.15) is 5.10 Å². The van der Waals surface area contributed by atoms with Crippen molar-refractivity contribution in [2.24, 2.45) is 0 Å². The molecule has 210 valence electrons. The number of ether oxygens (including phenoxy) is 1. The molecule has 2 N–H and O–H groups in total. The fourth-order valence-corrected chi connectivity index (χ4v) is 4.31. The normalized spacial score (nSPS) is 10.6. The van der Waals surface area contributed by atoms with Crippen LogP contribution in [0, 0.1) is 18.6 Å². The summed E-state index contributed by atoms with van der Waals surface area (Å²) >= 11 is 0. The number of halogens is 2. The number of pyridine rings is 2. The second-order valence-corrected chi connectivity index (χ2v) is 9.21. The largest absolute Gasteiger partial charge is 0.454 e. The summed E-state index contributed by atoms with van der Waals surface area (Å²) in [4.78, 5) is 26.8. The maximum absolute atomic E-state index is 14.3. The molecule has 0 saturated heterocycles. The first-order valence-electron chi connectivity index (χ1n) is 12.8. The fraction of sp³-hybridized carbons (Fsp3) is 0.0625. The first kappa shape index (κ1) is 27.9. The van der Waals surface area contributed by atoms with Crippen LogP contribution < -0.4 is 15.6 Å². The smallest absolute Gasteiger partial charge is 0.265 e. The van der Waals surface area contributed by atoms with Gasteiger partial charge in [-0.05, 0) is 73.7 Å². The number of fused-ring (bicyclic) bond motifs is 1. The zero-order valence-corrected chi connectivity index (χ0v) is 22.6. The second-order valence-electron chi connectivity index (χ2n) is 9.21. The Bertz CT molecular complexity index is 1920. The Balaban J connectivity index is 0.000000181. The number of carbonyl (C=O) groups is 1. The Morgan fingerprint density at radius 2 is 1.76 bits per heavy atom. The van der Waals surface area contributed by atoms with Crippen molar-refractivity contribution in [3.63, 3.8) is 0 Å². The molecule has 3 heterocycles. The molecule has 10 heteroatoms. The lowest BCUT2D eigenvalue weighted by molar-refractivity contribution is 0.112. The van der Waals surface area contributed by atoms with Crippen molar-refractivity contribution >= 4 is 22.9 Å². The molecule has 0 aliphatic heterocycles. The lowest BCUT2D eigenvalue weighted by Gasteiger charge is -2.13. The predicted molar refractivity (Wildman–Crippen MR) is 157 cm³/mol. The number of nitrogens with zero attached hydrogens (tertiary/aromatic N) is 3. The Kier molecular flexibility index (Phi) is 8.14. The minimum absolute atomic E-state index is 0.0833. The van der Waals surface area contributed by atoms with Gasteiger partial charge >= 0.3 is 0 Å². The van der Waals surface area contributed by atoms with Gasteiger partial charge in [0.1, 0.15) is 11.6 Å². The molecule has 6 aromatic rings. The van der Waals surface area contributed by atoms with E-state index in [-0.39, 0.29) is 17.1 Å². The van der Waals surface area contributed by atoms with Crippen LogP contribution in [0.15, 0.2) is 102 Å². The van der Waals surface area contributed by atoms with Crippen molar-refractivity contribution in [3.8, 4) is 28.3 Å². The van der Waals surface area contributed by atoms with E-state index in [1.807, 2.05) is 24.3 Å². The van der Waals surface area contributed by atoms with Crippen LogP contribution in [0.2, 0.25) is 0 Å². The topological polar surface area (TPSA) is 102 Å². The number of aromatic nitrogens is 4. The van der Waals surface area contributed by atoms with Crippen LogP contribution in [0.5, 0.6) is 11.5 Å². The molecule has 0 atom stereocenters. The molecular weight excluding hydrogens is 540 g/mol. The van der Waals surface area contributed by atoms with Crippen molar-refractivity contribution in [1.82, 2.24) is 19.7 Å². The lowest BCUT2D eigenvalue weighted by atomic mass is 10.0. The summed E-state index contributed by atoms with van der Waals surface area (Å²) < 4.78 is 34.4. The van der Waals surface area contributed by atoms with E-state index in [0.717, 1.165) is 22.0 Å². The molecule has 0 radical (unpaired) electrons. The highest BCUT2D eigenvalue weighted by Crippen LogP contribution is 2.37. The summed E-state index contributed by atoms with van der Waals surface area (Å²) in [6.45, 7) is 1.75. The van der Waals surface area contributed by atoms with Gasteiger partial charge in [0.05, 0.1) is 17.3 Å². The van der Waals surface area contributed by atoms with Gasteiger partial charge in [-0.1, -0.05) is 6.07 Å². The van der Waals surface area contributed by atoms with Crippen LogP contribution in [0.25, 0.3) is 27.7 Å². The van der Waals surface area contributed by atoms with Crippen LogP contribution in [-0.2, 0) is 0 Å².